The number of anilines is 2. The van der Waals surface area contributed by atoms with Gasteiger partial charge < -0.3 is 15.8 Å². The van der Waals surface area contributed by atoms with Crippen molar-refractivity contribution in [1.82, 2.24) is 9.97 Å². The molecule has 0 aliphatic heterocycles. The summed E-state index contributed by atoms with van der Waals surface area (Å²) in [6.45, 7) is 5.90. The van der Waals surface area contributed by atoms with Crippen LogP contribution in [0, 0.1) is 22.7 Å². The molecule has 1 atom stereocenters. The number of nitriles is 2. The maximum atomic E-state index is 13.0. The number of nitrogens with one attached hydrogen (secondary N) is 1. The van der Waals surface area contributed by atoms with Gasteiger partial charge in [-0.05, 0) is 48.2 Å². The molecule has 0 aliphatic rings. The van der Waals surface area contributed by atoms with E-state index in [1.54, 1.807) is 14.0 Å². The number of pyridine rings is 1. The van der Waals surface area contributed by atoms with Crippen LogP contribution in [0.3, 0.4) is 0 Å². The molecule has 39 heavy (non-hydrogen) atoms. The zero-order valence-corrected chi connectivity index (χ0v) is 23.5. The van der Waals surface area contributed by atoms with Crippen LogP contribution in [0.2, 0.25) is 0 Å². The van der Waals surface area contributed by atoms with Gasteiger partial charge in [-0.3, -0.25) is 4.79 Å². The van der Waals surface area contributed by atoms with Crippen molar-refractivity contribution in [2.24, 2.45) is 0 Å². The van der Waals surface area contributed by atoms with Gasteiger partial charge in [0.25, 0.3) is 0 Å². The van der Waals surface area contributed by atoms with Crippen molar-refractivity contribution in [2.75, 3.05) is 18.2 Å². The first-order valence-electron chi connectivity index (χ1n) is 12.1. The van der Waals surface area contributed by atoms with Crippen molar-refractivity contribution >= 4 is 40.0 Å². The molecule has 1 unspecified atom stereocenters. The van der Waals surface area contributed by atoms with Gasteiger partial charge in [0.05, 0.1) is 23.6 Å². The molecule has 0 bridgehead atoms. The smallest absolute Gasteiger partial charge is 0.239 e. The van der Waals surface area contributed by atoms with E-state index in [1.165, 1.54) is 11.3 Å². The van der Waals surface area contributed by atoms with Gasteiger partial charge in [-0.25, -0.2) is 9.97 Å². The van der Waals surface area contributed by atoms with Crippen molar-refractivity contribution in [1.29, 1.82) is 10.5 Å². The van der Waals surface area contributed by atoms with Gasteiger partial charge in [-0.1, -0.05) is 49.9 Å². The van der Waals surface area contributed by atoms with Crippen LogP contribution in [0.15, 0.2) is 58.9 Å². The maximum Gasteiger partial charge on any atom is 0.239 e. The average molecular weight is 555 g/mol. The lowest BCUT2D eigenvalue weighted by molar-refractivity contribution is -0.115. The number of carbonyl (C=O) groups excluding carboxylic acids is 1. The lowest BCUT2D eigenvalue weighted by Crippen LogP contribution is -2.22. The number of ether oxygens (including phenoxy) is 1. The predicted octanol–water partition coefficient (Wildman–Crippen LogP) is 6.45. The summed E-state index contributed by atoms with van der Waals surface area (Å²) in [5, 5.41) is 24.7. The fraction of sp³-hybridized carbons (Fsp3) is 0.207. The Morgan fingerprint density at radius 2 is 1.64 bits per heavy atom. The van der Waals surface area contributed by atoms with Crippen molar-refractivity contribution in [2.45, 2.75) is 37.0 Å². The van der Waals surface area contributed by atoms with Gasteiger partial charge in [0.1, 0.15) is 34.3 Å². The number of hydrogen-bond donors (Lipinski definition) is 2. The fourth-order valence-electron chi connectivity index (χ4n) is 3.86. The highest BCUT2D eigenvalue weighted by molar-refractivity contribution is 8.00. The quantitative estimate of drug-likeness (QED) is 0.237. The van der Waals surface area contributed by atoms with Gasteiger partial charge >= 0.3 is 0 Å². The molecule has 0 aliphatic carbocycles. The molecule has 4 rings (SSSR count). The third-order valence-corrected chi connectivity index (χ3v) is 7.90. The number of thiazole rings is 1. The summed E-state index contributed by atoms with van der Waals surface area (Å²) in [5.74, 6) is 0.798. The summed E-state index contributed by atoms with van der Waals surface area (Å²) < 4.78 is 5.19. The molecule has 10 heteroatoms. The Morgan fingerprint density at radius 3 is 2.23 bits per heavy atom. The summed E-state index contributed by atoms with van der Waals surface area (Å²) in [6.07, 6.45) is 0. The number of aromatic nitrogens is 2. The van der Waals surface area contributed by atoms with Gasteiger partial charge in [0.15, 0.2) is 5.13 Å². The SMILES string of the molecule is COc1ccc(-c2csc(NC(=O)C(C)Sc3nc(N)c(C#N)c(-c4ccc(C(C)C)cc4)c3C#N)n2)cc1. The Hall–Kier alpha value is -4.38. The Bertz CT molecular complexity index is 1580. The van der Waals surface area contributed by atoms with E-state index in [0.717, 1.165) is 34.3 Å². The molecule has 2 heterocycles. The van der Waals surface area contributed by atoms with Crippen LogP contribution >= 0.6 is 23.1 Å². The molecular formula is C29H26N6O2S2. The summed E-state index contributed by atoms with van der Waals surface area (Å²) in [4.78, 5) is 21.9. The van der Waals surface area contributed by atoms with E-state index in [1.807, 2.05) is 53.9 Å². The van der Waals surface area contributed by atoms with Crippen LogP contribution in [0.25, 0.3) is 22.4 Å². The van der Waals surface area contributed by atoms with Crippen molar-refractivity contribution in [3.8, 4) is 40.3 Å². The first-order chi connectivity index (χ1) is 18.7. The number of rotatable bonds is 8. The zero-order valence-electron chi connectivity index (χ0n) is 21.9. The third kappa shape index (κ3) is 6.04. The summed E-state index contributed by atoms with van der Waals surface area (Å²) in [6, 6.07) is 19.5. The first kappa shape index (κ1) is 27.6. The molecule has 0 saturated carbocycles. The summed E-state index contributed by atoms with van der Waals surface area (Å²) in [7, 11) is 1.61. The molecule has 1 amide bonds. The van der Waals surface area contributed by atoms with Gasteiger partial charge in [-0.15, -0.1) is 11.3 Å². The molecule has 8 nitrogen and oxygen atoms in total. The second kappa shape index (κ2) is 12.0. The monoisotopic (exact) mass is 554 g/mol. The molecule has 0 fully saturated rings. The van der Waals surface area contributed by atoms with Crippen molar-refractivity contribution < 1.29 is 9.53 Å². The Labute approximate surface area is 235 Å². The van der Waals surface area contributed by atoms with E-state index >= 15 is 0 Å². The van der Waals surface area contributed by atoms with Crippen LogP contribution in [-0.4, -0.2) is 28.2 Å². The lowest BCUT2D eigenvalue weighted by Gasteiger charge is -2.16. The number of methoxy groups -OCH3 is 1. The number of thioether (sulfide) groups is 1. The molecular weight excluding hydrogens is 528 g/mol. The van der Waals surface area contributed by atoms with Crippen LogP contribution in [0.4, 0.5) is 10.9 Å². The predicted molar refractivity (Wildman–Crippen MR) is 156 cm³/mol. The number of carbonyl (C=O) groups is 1. The van der Waals surface area contributed by atoms with Crippen LogP contribution in [0.5, 0.6) is 5.75 Å². The molecule has 2 aromatic heterocycles. The number of nitrogens with two attached hydrogens (primary N) is 1. The van der Waals surface area contributed by atoms with Gasteiger partial charge in [0.2, 0.25) is 5.91 Å². The van der Waals surface area contributed by atoms with Crippen LogP contribution in [-0.2, 0) is 4.79 Å². The minimum atomic E-state index is -0.624. The van der Waals surface area contributed by atoms with Gasteiger partial charge in [0, 0.05) is 16.5 Å². The Balaban J connectivity index is 1.57. The second-order valence-corrected chi connectivity index (χ2v) is 11.1. The average Bonchev–Trinajstić information content (AvgIpc) is 3.41. The molecule has 0 spiro atoms. The highest BCUT2D eigenvalue weighted by atomic mass is 32.2. The second-order valence-electron chi connectivity index (χ2n) is 8.94. The third-order valence-electron chi connectivity index (χ3n) is 6.06. The van der Waals surface area contributed by atoms with Crippen LogP contribution in [0.1, 0.15) is 43.4 Å². The van der Waals surface area contributed by atoms with E-state index < -0.39 is 5.25 Å². The van der Waals surface area contributed by atoms with E-state index in [9.17, 15) is 15.3 Å². The van der Waals surface area contributed by atoms with E-state index in [-0.39, 0.29) is 27.9 Å². The fourth-order valence-corrected chi connectivity index (χ4v) is 5.50. The summed E-state index contributed by atoms with van der Waals surface area (Å²) >= 11 is 2.42. The van der Waals surface area contributed by atoms with E-state index in [4.69, 9.17) is 10.5 Å². The standard InChI is InChI=1S/C29H26N6O2S2/c1-16(2)18-5-7-20(8-6-18)25-22(13-30)26(32)34-28(23(25)14-31)39-17(3)27(36)35-29-33-24(15-38-29)19-9-11-21(37-4)12-10-19/h5-12,15-17H,1-4H3,(H2,32,34)(H,33,35,36). The number of nitrogen functional groups attached to an aromatic ring is 1. The Kier molecular flexibility index (Phi) is 8.50. The number of hydrogen-bond acceptors (Lipinski definition) is 9. The minimum absolute atomic E-state index is 0.0126. The highest BCUT2D eigenvalue weighted by Gasteiger charge is 2.24. The van der Waals surface area contributed by atoms with E-state index in [0.29, 0.717) is 22.2 Å². The van der Waals surface area contributed by atoms with Gasteiger partial charge in [-0.2, -0.15) is 10.5 Å². The molecule has 0 radical (unpaired) electrons. The highest BCUT2D eigenvalue weighted by Crippen LogP contribution is 2.37. The lowest BCUT2D eigenvalue weighted by atomic mass is 9.94. The first-order valence-corrected chi connectivity index (χ1v) is 13.8. The molecule has 3 N–H and O–H groups in total. The largest absolute Gasteiger partial charge is 0.497 e. The molecule has 2 aromatic carbocycles. The molecule has 196 valence electrons. The Morgan fingerprint density at radius 1 is 1.00 bits per heavy atom. The zero-order chi connectivity index (χ0) is 28.1. The van der Waals surface area contributed by atoms with E-state index in [2.05, 4.69) is 41.3 Å². The summed E-state index contributed by atoms with van der Waals surface area (Å²) in [5.41, 5.74) is 10.4. The number of amides is 1. The topological polar surface area (TPSA) is 138 Å². The molecule has 4 aromatic rings. The minimum Gasteiger partial charge on any atom is -0.497 e. The van der Waals surface area contributed by atoms with Crippen molar-refractivity contribution in [3.05, 3.63) is 70.6 Å². The van der Waals surface area contributed by atoms with Crippen molar-refractivity contribution in [3.63, 3.8) is 0 Å². The molecule has 0 saturated heterocycles. The normalized spacial score (nSPS) is 11.5. The number of benzene rings is 2. The van der Waals surface area contributed by atoms with Crippen LogP contribution < -0.4 is 15.8 Å². The number of nitrogens with zero attached hydrogens (tertiary/aromatic N) is 4. The maximum absolute atomic E-state index is 13.0.